The molecule has 0 N–H and O–H groups in total. The van der Waals surface area contributed by atoms with Gasteiger partial charge >= 0.3 is 11.9 Å². The molecular weight excluding hydrogens is 336 g/mol. The van der Waals surface area contributed by atoms with Gasteiger partial charge in [-0.25, -0.2) is 4.79 Å². The van der Waals surface area contributed by atoms with E-state index in [-0.39, 0.29) is 65.1 Å². The van der Waals surface area contributed by atoms with E-state index >= 15 is 0 Å². The Kier molecular flexibility index (Phi) is 3.29. The van der Waals surface area contributed by atoms with Gasteiger partial charge in [0.25, 0.3) is 0 Å². The summed E-state index contributed by atoms with van der Waals surface area (Å²) in [5.74, 6) is -0.263. The minimum Gasteiger partial charge on any atom is -0.461 e. The van der Waals surface area contributed by atoms with Crippen molar-refractivity contribution in [1.29, 1.82) is 0 Å². The predicted molar refractivity (Wildman–Crippen MR) is 90.0 cm³/mol. The summed E-state index contributed by atoms with van der Waals surface area (Å²) in [4.78, 5) is 24.7. The predicted octanol–water partition coefficient (Wildman–Crippen LogP) is 2.01. The van der Waals surface area contributed by atoms with Crippen molar-refractivity contribution in [3.63, 3.8) is 0 Å². The molecule has 5 aliphatic rings. The summed E-state index contributed by atoms with van der Waals surface area (Å²) >= 11 is 0. The summed E-state index contributed by atoms with van der Waals surface area (Å²) in [6.45, 7) is 8.35. The molecule has 5 fully saturated rings. The number of allylic oxidation sites excluding steroid dienone is 1. The Hall–Kier alpha value is -1.40. The minimum atomic E-state index is -0.369. The van der Waals surface area contributed by atoms with E-state index in [0.29, 0.717) is 12.2 Å². The summed E-state index contributed by atoms with van der Waals surface area (Å²) < 4.78 is 23.8. The molecule has 3 saturated heterocycles. The Morgan fingerprint density at radius 2 is 2.08 bits per heavy atom. The van der Waals surface area contributed by atoms with Crippen LogP contribution in [0, 0.1) is 23.2 Å². The van der Waals surface area contributed by atoms with Crippen LogP contribution in [0.2, 0.25) is 0 Å². The third-order valence-corrected chi connectivity index (χ3v) is 7.69. The maximum absolute atomic E-state index is 12.5. The normalized spacial score (nSPS) is 54.1. The molecule has 2 saturated carbocycles. The smallest absolute Gasteiger partial charge is 0.333 e. The van der Waals surface area contributed by atoms with Gasteiger partial charge in [-0.3, -0.25) is 4.79 Å². The Balaban J connectivity index is 1.52. The largest absolute Gasteiger partial charge is 0.461 e. The highest BCUT2D eigenvalue weighted by atomic mass is 16.7. The number of carbonyl (C=O) groups is 2. The Morgan fingerprint density at radius 1 is 1.35 bits per heavy atom. The molecule has 2 aliphatic carbocycles. The van der Waals surface area contributed by atoms with Crippen LogP contribution in [0.1, 0.15) is 40.5 Å². The highest BCUT2D eigenvalue weighted by Gasteiger charge is 2.82. The van der Waals surface area contributed by atoms with Gasteiger partial charge in [-0.1, -0.05) is 19.9 Å². The number of epoxide rings is 2. The molecule has 0 amide bonds. The lowest BCUT2D eigenvalue weighted by Gasteiger charge is -2.53. The van der Waals surface area contributed by atoms with Gasteiger partial charge in [0.1, 0.15) is 30.0 Å². The summed E-state index contributed by atoms with van der Waals surface area (Å²) in [5.41, 5.74) is -0.0884. The van der Waals surface area contributed by atoms with E-state index in [2.05, 4.69) is 6.92 Å². The SMILES string of the molecule is C/C=C(/C)C(=O)O[C@@H]1[C@@H]2O[C@H]2[C@@]2(CO2)[C@H]2[C@H]3OC(=O)[C@H](C)[C@@H]3CC[C@]12C. The number of ether oxygens (including phenoxy) is 4. The van der Waals surface area contributed by atoms with E-state index in [1.165, 1.54) is 0 Å². The molecule has 3 aliphatic heterocycles. The fraction of sp³-hybridized carbons (Fsp3) is 0.800. The van der Waals surface area contributed by atoms with E-state index in [1.807, 2.05) is 13.8 Å². The summed E-state index contributed by atoms with van der Waals surface area (Å²) in [6, 6.07) is 0. The maximum atomic E-state index is 12.5. The van der Waals surface area contributed by atoms with Crippen LogP contribution in [-0.2, 0) is 28.5 Å². The van der Waals surface area contributed by atoms with Crippen LogP contribution in [-0.4, -0.2) is 48.6 Å². The molecule has 0 aromatic heterocycles. The van der Waals surface area contributed by atoms with Crippen molar-refractivity contribution in [2.45, 2.75) is 70.6 Å². The molecule has 0 bridgehead atoms. The third kappa shape index (κ3) is 1.95. The number of fused-ring (bicyclic) bond motifs is 6. The van der Waals surface area contributed by atoms with Crippen LogP contribution in [0.15, 0.2) is 11.6 Å². The highest BCUT2D eigenvalue weighted by molar-refractivity contribution is 5.87. The van der Waals surface area contributed by atoms with Gasteiger partial charge in [-0.15, -0.1) is 0 Å². The van der Waals surface area contributed by atoms with Gasteiger partial charge in [-0.05, 0) is 26.7 Å². The second kappa shape index (κ2) is 5.10. The quantitative estimate of drug-likeness (QED) is 0.425. The lowest BCUT2D eigenvalue weighted by atomic mass is 9.51. The number of rotatable bonds is 2. The molecule has 3 heterocycles. The molecule has 6 heteroatoms. The van der Waals surface area contributed by atoms with Crippen molar-refractivity contribution in [2.24, 2.45) is 23.2 Å². The molecule has 0 aromatic carbocycles. The summed E-state index contributed by atoms with van der Waals surface area (Å²) in [5, 5.41) is 0. The van der Waals surface area contributed by atoms with Crippen LogP contribution in [0.5, 0.6) is 0 Å². The van der Waals surface area contributed by atoms with Gasteiger partial charge in [0.2, 0.25) is 0 Å². The molecule has 5 rings (SSSR count). The van der Waals surface area contributed by atoms with Gasteiger partial charge in [0, 0.05) is 22.8 Å². The first kappa shape index (κ1) is 16.8. The summed E-state index contributed by atoms with van der Waals surface area (Å²) in [7, 11) is 0. The molecule has 0 unspecified atom stereocenters. The van der Waals surface area contributed by atoms with Gasteiger partial charge in [0.15, 0.2) is 0 Å². The lowest BCUT2D eigenvalue weighted by Crippen LogP contribution is -2.63. The van der Waals surface area contributed by atoms with Crippen molar-refractivity contribution < 1.29 is 28.5 Å². The summed E-state index contributed by atoms with van der Waals surface area (Å²) in [6.07, 6.45) is 2.87. The van der Waals surface area contributed by atoms with Crippen molar-refractivity contribution in [3.05, 3.63) is 11.6 Å². The molecule has 0 radical (unpaired) electrons. The number of carbonyl (C=O) groups excluding carboxylic acids is 2. The van der Waals surface area contributed by atoms with E-state index in [1.54, 1.807) is 13.0 Å². The third-order valence-electron chi connectivity index (χ3n) is 7.69. The molecule has 9 atom stereocenters. The number of hydrogen-bond donors (Lipinski definition) is 0. The second-order valence-corrected chi connectivity index (χ2v) is 8.94. The highest BCUT2D eigenvalue weighted by Crippen LogP contribution is 2.68. The first-order valence-corrected chi connectivity index (χ1v) is 9.67. The van der Waals surface area contributed by atoms with Crippen LogP contribution < -0.4 is 0 Å². The molecule has 0 aromatic rings. The average Bonchev–Trinajstić information content (AvgIpc) is 3.51. The standard InChI is InChI=1S/C20H26O6/c1-5-9(2)17(21)26-15-13-16(24-13)20(8-23-20)14-12-11(6-7-19(14,15)4)10(3)18(22)25-12/h5,10-16H,6-8H2,1-4H3/b9-5-/t10-,11+,12+,13+,14+,15-,16-,19+,20-/m1/s1. The van der Waals surface area contributed by atoms with Crippen molar-refractivity contribution >= 4 is 11.9 Å². The van der Waals surface area contributed by atoms with Gasteiger partial charge < -0.3 is 18.9 Å². The van der Waals surface area contributed by atoms with Crippen molar-refractivity contribution in [2.75, 3.05) is 6.61 Å². The number of esters is 2. The van der Waals surface area contributed by atoms with Gasteiger partial charge in [0.05, 0.1) is 12.5 Å². The average molecular weight is 362 g/mol. The molecule has 6 nitrogen and oxygen atoms in total. The van der Waals surface area contributed by atoms with Gasteiger partial charge in [-0.2, -0.15) is 0 Å². The minimum absolute atomic E-state index is 0.00936. The van der Waals surface area contributed by atoms with E-state index < -0.39 is 0 Å². The zero-order valence-corrected chi connectivity index (χ0v) is 15.7. The fourth-order valence-corrected chi connectivity index (χ4v) is 5.94. The molecule has 142 valence electrons. The lowest BCUT2D eigenvalue weighted by molar-refractivity contribution is -0.182. The van der Waals surface area contributed by atoms with Crippen molar-refractivity contribution in [1.82, 2.24) is 0 Å². The zero-order valence-electron chi connectivity index (χ0n) is 15.7. The molecular formula is C20H26O6. The fourth-order valence-electron chi connectivity index (χ4n) is 5.94. The zero-order chi connectivity index (χ0) is 18.4. The van der Waals surface area contributed by atoms with Crippen LogP contribution >= 0.6 is 0 Å². The van der Waals surface area contributed by atoms with Crippen LogP contribution in [0.4, 0.5) is 0 Å². The first-order valence-electron chi connectivity index (χ1n) is 9.67. The topological polar surface area (TPSA) is 77.7 Å². The van der Waals surface area contributed by atoms with Crippen LogP contribution in [0.25, 0.3) is 0 Å². The maximum Gasteiger partial charge on any atom is 0.333 e. The van der Waals surface area contributed by atoms with Crippen molar-refractivity contribution in [3.8, 4) is 0 Å². The number of hydrogen-bond acceptors (Lipinski definition) is 6. The Bertz CT molecular complexity index is 709. The first-order chi connectivity index (χ1) is 12.3. The molecule has 1 spiro atoms. The Morgan fingerprint density at radius 3 is 2.73 bits per heavy atom. The second-order valence-electron chi connectivity index (χ2n) is 8.94. The molecule has 26 heavy (non-hydrogen) atoms. The van der Waals surface area contributed by atoms with E-state index in [4.69, 9.17) is 18.9 Å². The van der Waals surface area contributed by atoms with E-state index in [9.17, 15) is 9.59 Å². The Labute approximate surface area is 153 Å². The van der Waals surface area contributed by atoms with Crippen LogP contribution in [0.3, 0.4) is 0 Å². The van der Waals surface area contributed by atoms with E-state index in [0.717, 1.165) is 12.8 Å². The monoisotopic (exact) mass is 362 g/mol.